The van der Waals surface area contributed by atoms with Crippen molar-refractivity contribution in [3.63, 3.8) is 0 Å². The molecule has 0 aliphatic heterocycles. The van der Waals surface area contributed by atoms with Gasteiger partial charge in [0.2, 0.25) is 0 Å². The molecule has 0 bridgehead atoms. The van der Waals surface area contributed by atoms with Crippen molar-refractivity contribution >= 4 is 47.8 Å². The van der Waals surface area contributed by atoms with Crippen LogP contribution in [0.2, 0.25) is 0 Å². The maximum absolute atomic E-state index is 3.46. The van der Waals surface area contributed by atoms with Crippen molar-refractivity contribution in [2.45, 2.75) is 4.83 Å². The first kappa shape index (κ1) is 10.9. The predicted octanol–water partition coefficient (Wildman–Crippen LogP) is 3.65. The molecule has 0 N–H and O–H groups in total. The van der Waals surface area contributed by atoms with Crippen LogP contribution >= 0.6 is 47.8 Å². The maximum Gasteiger partial charge on any atom is 0.0506 e. The standard InChI is InChI=1S/C7H9Br3/c8-5-1-3-7(10)4-2-6-9/h1-4,7H,5-6H2. The summed E-state index contributed by atoms with van der Waals surface area (Å²) >= 11 is 10.1. The molecule has 0 nitrogen and oxygen atoms in total. The SMILES string of the molecule is BrCC=CC(Br)C=CCBr. The third-order valence-electron chi connectivity index (χ3n) is 0.818. The number of allylic oxidation sites excluding steroid dienone is 4. The molecule has 0 unspecified atom stereocenters. The van der Waals surface area contributed by atoms with E-state index >= 15 is 0 Å². The van der Waals surface area contributed by atoms with Crippen molar-refractivity contribution in [3.8, 4) is 0 Å². The van der Waals surface area contributed by atoms with Crippen LogP contribution in [0, 0.1) is 0 Å². The van der Waals surface area contributed by atoms with Crippen LogP contribution in [0.4, 0.5) is 0 Å². The van der Waals surface area contributed by atoms with E-state index in [1.807, 2.05) is 0 Å². The lowest BCUT2D eigenvalue weighted by atomic mass is 10.3. The third kappa shape index (κ3) is 7.03. The van der Waals surface area contributed by atoms with Crippen molar-refractivity contribution in [2.75, 3.05) is 10.7 Å². The monoisotopic (exact) mass is 330 g/mol. The molecule has 3 heteroatoms. The van der Waals surface area contributed by atoms with Crippen LogP contribution < -0.4 is 0 Å². The number of rotatable bonds is 4. The van der Waals surface area contributed by atoms with E-state index in [-0.39, 0.29) is 0 Å². The molecule has 0 aromatic carbocycles. The van der Waals surface area contributed by atoms with Crippen LogP contribution in [0.25, 0.3) is 0 Å². The minimum atomic E-state index is 0.364. The zero-order valence-electron chi connectivity index (χ0n) is 5.43. The highest BCUT2D eigenvalue weighted by atomic mass is 79.9. The molecule has 10 heavy (non-hydrogen) atoms. The molecule has 0 atom stereocenters. The van der Waals surface area contributed by atoms with Gasteiger partial charge in [-0.15, -0.1) is 0 Å². The summed E-state index contributed by atoms with van der Waals surface area (Å²) in [6.45, 7) is 0. The lowest BCUT2D eigenvalue weighted by Crippen LogP contribution is -1.84. The molecule has 0 saturated carbocycles. The van der Waals surface area contributed by atoms with Crippen LogP contribution in [0.5, 0.6) is 0 Å². The normalized spacial score (nSPS) is 15.1. The maximum atomic E-state index is 3.46. The first-order valence-electron chi connectivity index (χ1n) is 2.90. The smallest absolute Gasteiger partial charge is 0.0506 e. The van der Waals surface area contributed by atoms with Gasteiger partial charge in [-0.2, -0.15) is 0 Å². The first-order valence-corrected chi connectivity index (χ1v) is 6.06. The van der Waals surface area contributed by atoms with Gasteiger partial charge in [0.05, 0.1) is 4.83 Å². The Balaban J connectivity index is 3.52. The average Bonchev–Trinajstić information content (AvgIpc) is 1.97. The van der Waals surface area contributed by atoms with Crippen molar-refractivity contribution in [2.24, 2.45) is 0 Å². The summed E-state index contributed by atoms with van der Waals surface area (Å²) in [4.78, 5) is 0.364. The third-order valence-corrected chi connectivity index (χ3v) is 2.18. The minimum Gasteiger partial charge on any atom is -0.0883 e. The van der Waals surface area contributed by atoms with E-state index in [2.05, 4.69) is 72.1 Å². The van der Waals surface area contributed by atoms with Gasteiger partial charge in [-0.05, 0) is 0 Å². The van der Waals surface area contributed by atoms with Gasteiger partial charge in [-0.25, -0.2) is 0 Å². The molecule has 0 heterocycles. The van der Waals surface area contributed by atoms with E-state index in [1.165, 1.54) is 0 Å². The Morgan fingerprint density at radius 2 is 1.40 bits per heavy atom. The molecule has 0 aliphatic carbocycles. The number of alkyl halides is 3. The quantitative estimate of drug-likeness (QED) is 0.544. The van der Waals surface area contributed by atoms with Crippen molar-refractivity contribution in [1.29, 1.82) is 0 Å². The molecular formula is C7H9Br3. The Morgan fingerprint density at radius 3 is 1.70 bits per heavy atom. The Hall–Kier alpha value is 0.920. The van der Waals surface area contributed by atoms with E-state index in [0.717, 1.165) is 10.7 Å². The fourth-order valence-corrected chi connectivity index (χ4v) is 1.29. The second kappa shape index (κ2) is 8.02. The molecule has 0 radical (unpaired) electrons. The summed E-state index contributed by atoms with van der Waals surface area (Å²) in [7, 11) is 0. The second-order valence-corrected chi connectivity index (χ2v) is 3.96. The fraction of sp³-hybridized carbons (Fsp3) is 0.429. The van der Waals surface area contributed by atoms with Gasteiger partial charge >= 0.3 is 0 Å². The van der Waals surface area contributed by atoms with Crippen molar-refractivity contribution < 1.29 is 0 Å². The average molecular weight is 333 g/mol. The molecule has 0 spiro atoms. The van der Waals surface area contributed by atoms with Crippen molar-refractivity contribution in [1.82, 2.24) is 0 Å². The molecule has 0 rings (SSSR count). The highest BCUT2D eigenvalue weighted by Gasteiger charge is 1.88. The molecule has 0 saturated heterocycles. The van der Waals surface area contributed by atoms with Gasteiger partial charge in [0, 0.05) is 10.7 Å². The first-order chi connectivity index (χ1) is 4.81. The summed E-state index contributed by atoms with van der Waals surface area (Å²) in [6.07, 6.45) is 8.32. The molecule has 0 fully saturated rings. The molecule has 0 aliphatic rings. The summed E-state index contributed by atoms with van der Waals surface area (Å²) < 4.78 is 0. The zero-order chi connectivity index (χ0) is 7.82. The van der Waals surface area contributed by atoms with Gasteiger partial charge < -0.3 is 0 Å². The lowest BCUT2D eigenvalue weighted by Gasteiger charge is -1.92. The Labute approximate surface area is 87.2 Å². The minimum absolute atomic E-state index is 0.364. The Morgan fingerprint density at radius 1 is 1.00 bits per heavy atom. The number of hydrogen-bond acceptors (Lipinski definition) is 0. The lowest BCUT2D eigenvalue weighted by molar-refractivity contribution is 1.42. The van der Waals surface area contributed by atoms with Gasteiger partial charge in [0.15, 0.2) is 0 Å². The molecule has 0 aromatic rings. The molecular weight excluding hydrogens is 324 g/mol. The zero-order valence-corrected chi connectivity index (χ0v) is 10.2. The summed E-state index contributed by atoms with van der Waals surface area (Å²) in [5.74, 6) is 0. The highest BCUT2D eigenvalue weighted by Crippen LogP contribution is 2.03. The summed E-state index contributed by atoms with van der Waals surface area (Å²) in [6, 6.07) is 0. The predicted molar refractivity (Wildman–Crippen MR) is 58.6 cm³/mol. The van der Waals surface area contributed by atoms with Crippen LogP contribution in [-0.4, -0.2) is 15.5 Å². The van der Waals surface area contributed by atoms with E-state index in [0.29, 0.717) is 4.83 Å². The largest absolute Gasteiger partial charge is 0.0883 e. The van der Waals surface area contributed by atoms with E-state index in [1.54, 1.807) is 0 Å². The molecule has 0 amide bonds. The fourth-order valence-electron chi connectivity index (χ4n) is 0.427. The van der Waals surface area contributed by atoms with E-state index < -0.39 is 0 Å². The van der Waals surface area contributed by atoms with Gasteiger partial charge in [-0.1, -0.05) is 72.1 Å². The Bertz CT molecular complexity index is 104. The second-order valence-electron chi connectivity index (χ2n) is 1.61. The molecule has 0 aromatic heterocycles. The van der Waals surface area contributed by atoms with Gasteiger partial charge in [0.1, 0.15) is 0 Å². The van der Waals surface area contributed by atoms with E-state index in [4.69, 9.17) is 0 Å². The molecule has 58 valence electrons. The topological polar surface area (TPSA) is 0 Å². The van der Waals surface area contributed by atoms with Crippen LogP contribution in [0.3, 0.4) is 0 Å². The van der Waals surface area contributed by atoms with Gasteiger partial charge in [0.25, 0.3) is 0 Å². The highest BCUT2D eigenvalue weighted by molar-refractivity contribution is 9.10. The number of halogens is 3. The summed E-state index contributed by atoms with van der Waals surface area (Å²) in [5.41, 5.74) is 0. The van der Waals surface area contributed by atoms with Crippen LogP contribution in [0.1, 0.15) is 0 Å². The van der Waals surface area contributed by atoms with Crippen LogP contribution in [0.15, 0.2) is 24.3 Å². The van der Waals surface area contributed by atoms with Crippen molar-refractivity contribution in [3.05, 3.63) is 24.3 Å². The van der Waals surface area contributed by atoms with Crippen LogP contribution in [-0.2, 0) is 0 Å². The Kier molecular flexibility index (Phi) is 8.76. The summed E-state index contributed by atoms with van der Waals surface area (Å²) in [5, 5.41) is 1.83. The van der Waals surface area contributed by atoms with E-state index in [9.17, 15) is 0 Å². The number of hydrogen-bond donors (Lipinski definition) is 0. The van der Waals surface area contributed by atoms with Gasteiger partial charge in [-0.3, -0.25) is 0 Å².